The number of carbonyl (C=O) groups is 3. The maximum atomic E-state index is 14.0. The first-order valence-corrected chi connectivity index (χ1v) is 12.4. The highest BCUT2D eigenvalue weighted by molar-refractivity contribution is 5.93. The van der Waals surface area contributed by atoms with E-state index in [2.05, 4.69) is 10.6 Å². The third-order valence-corrected chi connectivity index (χ3v) is 5.45. The van der Waals surface area contributed by atoms with Gasteiger partial charge in [0.25, 0.3) is 0 Å². The molecule has 2 atom stereocenters. The lowest BCUT2D eigenvalue weighted by Crippen LogP contribution is -2.55. The highest BCUT2D eigenvalue weighted by Crippen LogP contribution is 2.37. The molecule has 0 bridgehead atoms. The topological polar surface area (TPSA) is 108 Å². The van der Waals surface area contributed by atoms with E-state index < -0.39 is 29.3 Å². The second kappa shape index (κ2) is 10.9. The first kappa shape index (κ1) is 28.5. The van der Waals surface area contributed by atoms with Gasteiger partial charge in [0.05, 0.1) is 0 Å². The van der Waals surface area contributed by atoms with Crippen LogP contribution >= 0.6 is 0 Å². The van der Waals surface area contributed by atoms with Crippen molar-refractivity contribution in [2.75, 3.05) is 0 Å². The van der Waals surface area contributed by atoms with E-state index in [1.165, 1.54) is 0 Å². The van der Waals surface area contributed by atoms with Gasteiger partial charge in [-0.05, 0) is 96.9 Å². The van der Waals surface area contributed by atoms with E-state index in [0.717, 1.165) is 12.8 Å². The van der Waals surface area contributed by atoms with Gasteiger partial charge < -0.3 is 25.4 Å². The van der Waals surface area contributed by atoms with E-state index in [1.807, 2.05) is 34.6 Å². The summed E-state index contributed by atoms with van der Waals surface area (Å²) in [7, 11) is 0. The average Bonchev–Trinajstić information content (AvgIpc) is 3.49. The van der Waals surface area contributed by atoms with Gasteiger partial charge in [-0.15, -0.1) is 0 Å². The first-order valence-electron chi connectivity index (χ1n) is 12.4. The maximum absolute atomic E-state index is 14.0. The van der Waals surface area contributed by atoms with Gasteiger partial charge in [0.2, 0.25) is 11.8 Å². The number of nitrogens with zero attached hydrogens (tertiary/aromatic N) is 1. The van der Waals surface area contributed by atoms with Gasteiger partial charge in [0, 0.05) is 11.6 Å². The molecule has 3 amide bonds. The zero-order valence-corrected chi connectivity index (χ0v) is 22.7. The Bertz CT molecular complexity index is 926. The molecule has 196 valence electrons. The predicted octanol–water partition coefficient (Wildman–Crippen LogP) is 4.59. The quantitative estimate of drug-likeness (QED) is 0.495. The average molecular weight is 490 g/mol. The fourth-order valence-electron chi connectivity index (χ4n) is 3.92. The highest BCUT2D eigenvalue weighted by Gasteiger charge is 2.44. The Hall–Kier alpha value is -2.77. The molecule has 0 heterocycles. The number of alkyl carbamates (subject to hydrolysis) is 1. The number of ether oxygens (including phenoxy) is 1. The van der Waals surface area contributed by atoms with Crippen LogP contribution in [0.1, 0.15) is 91.8 Å². The smallest absolute Gasteiger partial charge is 0.408 e. The van der Waals surface area contributed by atoms with Crippen LogP contribution in [0.2, 0.25) is 0 Å². The monoisotopic (exact) mass is 489 g/mol. The molecule has 0 aliphatic heterocycles. The Balaban J connectivity index is 2.49. The Kier molecular flexibility index (Phi) is 8.84. The molecule has 0 spiro atoms. The van der Waals surface area contributed by atoms with Gasteiger partial charge in [-0.25, -0.2) is 4.79 Å². The van der Waals surface area contributed by atoms with Gasteiger partial charge in [-0.2, -0.15) is 0 Å². The van der Waals surface area contributed by atoms with Crippen LogP contribution in [0.25, 0.3) is 0 Å². The van der Waals surface area contributed by atoms with Crippen molar-refractivity contribution < 1.29 is 24.2 Å². The molecule has 1 aromatic carbocycles. The number of nitrogens with one attached hydrogen (secondary N) is 2. The van der Waals surface area contributed by atoms with Crippen LogP contribution < -0.4 is 10.6 Å². The number of hydrogen-bond acceptors (Lipinski definition) is 5. The van der Waals surface area contributed by atoms with Crippen LogP contribution in [0.4, 0.5) is 4.79 Å². The van der Waals surface area contributed by atoms with E-state index in [4.69, 9.17) is 4.74 Å². The Morgan fingerprint density at radius 1 is 1.11 bits per heavy atom. The minimum absolute atomic E-state index is 0.109. The van der Waals surface area contributed by atoms with Crippen molar-refractivity contribution in [3.63, 3.8) is 0 Å². The number of rotatable bonds is 8. The van der Waals surface area contributed by atoms with Crippen molar-refractivity contribution in [1.82, 2.24) is 15.5 Å². The first-order chi connectivity index (χ1) is 16.0. The molecular formula is C27H43N3O5. The molecular weight excluding hydrogens is 446 g/mol. The number of phenols is 1. The minimum Gasteiger partial charge on any atom is -0.508 e. The van der Waals surface area contributed by atoms with Crippen molar-refractivity contribution in [2.45, 2.75) is 111 Å². The van der Waals surface area contributed by atoms with Crippen LogP contribution in [-0.2, 0) is 14.3 Å². The zero-order valence-electron chi connectivity index (χ0n) is 22.7. The summed E-state index contributed by atoms with van der Waals surface area (Å²) in [5.74, 6) is -0.370. The third-order valence-electron chi connectivity index (χ3n) is 5.45. The molecule has 8 nitrogen and oxygen atoms in total. The number of phenolic OH excluding ortho intramolecular Hbond substituents is 1. The molecule has 1 fully saturated rings. The Labute approximate surface area is 209 Å². The van der Waals surface area contributed by atoms with E-state index in [0.29, 0.717) is 17.5 Å². The van der Waals surface area contributed by atoms with Crippen LogP contribution in [0.15, 0.2) is 18.2 Å². The molecule has 0 aromatic heterocycles. The van der Waals surface area contributed by atoms with Crippen molar-refractivity contribution >= 4 is 17.9 Å². The van der Waals surface area contributed by atoms with Crippen LogP contribution in [0.3, 0.4) is 0 Å². The summed E-state index contributed by atoms with van der Waals surface area (Å²) in [4.78, 5) is 41.9. The lowest BCUT2D eigenvalue weighted by molar-refractivity contribution is -0.144. The molecule has 0 saturated heterocycles. The van der Waals surface area contributed by atoms with Crippen LogP contribution in [-0.4, -0.2) is 51.1 Å². The van der Waals surface area contributed by atoms with Gasteiger partial charge >= 0.3 is 6.09 Å². The summed E-state index contributed by atoms with van der Waals surface area (Å²) in [6.07, 6.45) is 1.30. The van der Waals surface area contributed by atoms with E-state index in [9.17, 15) is 19.5 Å². The zero-order chi connectivity index (χ0) is 26.7. The number of aromatic hydroxyl groups is 1. The maximum Gasteiger partial charge on any atom is 0.408 e. The third kappa shape index (κ3) is 8.75. The molecule has 8 heteroatoms. The number of amides is 3. The molecule has 1 aliphatic carbocycles. The summed E-state index contributed by atoms with van der Waals surface area (Å²) in [5, 5.41) is 15.8. The lowest BCUT2D eigenvalue weighted by atomic mass is 9.97. The van der Waals surface area contributed by atoms with Crippen LogP contribution in [0, 0.1) is 12.8 Å². The molecule has 35 heavy (non-hydrogen) atoms. The second-order valence-electron chi connectivity index (χ2n) is 12.0. The highest BCUT2D eigenvalue weighted by atomic mass is 16.6. The minimum atomic E-state index is -0.899. The van der Waals surface area contributed by atoms with Crippen LogP contribution in [0.5, 0.6) is 5.75 Å². The number of aryl methyl sites for hydroxylation is 1. The standard InChI is InChI=1S/C27H43N3O5/c1-16(2)14-20(28-25(34)35-27(7,8)9)24(33)30(19-11-12-19)22(23(32)29-26(4,5)6)18-10-13-21(31)17(3)15-18/h10,13,15-16,19-20,22,31H,11-12,14H2,1-9H3,(H,28,34)(H,29,32). The van der Waals surface area contributed by atoms with Crippen molar-refractivity contribution in [3.05, 3.63) is 29.3 Å². The largest absolute Gasteiger partial charge is 0.508 e. The Morgan fingerprint density at radius 2 is 1.71 bits per heavy atom. The number of carbonyl (C=O) groups excluding carboxylic acids is 3. The summed E-state index contributed by atoms with van der Waals surface area (Å²) >= 11 is 0. The molecule has 1 aromatic rings. The number of hydrogen-bond donors (Lipinski definition) is 3. The summed E-state index contributed by atoms with van der Waals surface area (Å²) in [6, 6.07) is 3.11. The molecule has 1 aliphatic rings. The van der Waals surface area contributed by atoms with Gasteiger partial charge in [-0.3, -0.25) is 9.59 Å². The van der Waals surface area contributed by atoms with Gasteiger partial charge in [0.15, 0.2) is 0 Å². The fourth-order valence-corrected chi connectivity index (χ4v) is 3.92. The molecule has 1 saturated carbocycles. The molecule has 3 N–H and O–H groups in total. The number of benzene rings is 1. The van der Waals surface area contributed by atoms with Crippen molar-refractivity contribution in [2.24, 2.45) is 5.92 Å². The van der Waals surface area contributed by atoms with Gasteiger partial charge in [-0.1, -0.05) is 19.9 Å². The summed E-state index contributed by atoms with van der Waals surface area (Å²) in [6.45, 7) is 16.7. The van der Waals surface area contributed by atoms with Crippen molar-refractivity contribution in [1.29, 1.82) is 0 Å². The normalized spacial score (nSPS) is 15.8. The van der Waals surface area contributed by atoms with Crippen molar-refractivity contribution in [3.8, 4) is 5.75 Å². The predicted molar refractivity (Wildman–Crippen MR) is 136 cm³/mol. The van der Waals surface area contributed by atoms with Gasteiger partial charge in [0.1, 0.15) is 23.4 Å². The van der Waals surface area contributed by atoms with E-state index >= 15 is 0 Å². The summed E-state index contributed by atoms with van der Waals surface area (Å²) < 4.78 is 5.42. The van der Waals surface area contributed by atoms with E-state index in [1.54, 1.807) is 50.8 Å². The lowest BCUT2D eigenvalue weighted by Gasteiger charge is -2.36. The molecule has 2 unspecified atom stereocenters. The molecule has 0 radical (unpaired) electrons. The fraction of sp³-hybridized carbons (Fsp3) is 0.667. The SMILES string of the molecule is Cc1cc(C(C(=O)NC(C)(C)C)N(C(=O)C(CC(C)C)NC(=O)OC(C)(C)C)C2CC2)ccc1O. The summed E-state index contributed by atoms with van der Waals surface area (Å²) in [5.41, 5.74) is 0.0171. The van der Waals surface area contributed by atoms with E-state index in [-0.39, 0.29) is 29.5 Å². The molecule has 2 rings (SSSR count). The Morgan fingerprint density at radius 3 is 2.17 bits per heavy atom. The second-order valence-corrected chi connectivity index (χ2v) is 12.0.